The molecule has 1 heterocycles. The molecule has 0 radical (unpaired) electrons. The molecule has 2 aromatic rings. The minimum Gasteiger partial charge on any atom is -0.481 e. The third kappa shape index (κ3) is 6.17. The van der Waals surface area contributed by atoms with Gasteiger partial charge in [-0.05, 0) is 67.3 Å². The summed E-state index contributed by atoms with van der Waals surface area (Å²) in [5.74, 6) is -2.16. The number of piperidine rings is 1. The molecule has 0 saturated carbocycles. The van der Waals surface area contributed by atoms with Crippen molar-refractivity contribution in [2.45, 2.75) is 44.9 Å². The Morgan fingerprint density at radius 1 is 1.13 bits per heavy atom. The number of carboxylic acids is 1. The number of rotatable bonds is 8. The maximum atomic E-state index is 14.1. The summed E-state index contributed by atoms with van der Waals surface area (Å²) in [5.41, 5.74) is 1.72. The Balaban J connectivity index is 1.72. The van der Waals surface area contributed by atoms with E-state index in [0.29, 0.717) is 59.9 Å². The first kappa shape index (κ1) is 23.5. The highest BCUT2D eigenvalue weighted by Gasteiger charge is 2.30. The van der Waals surface area contributed by atoms with Crippen molar-refractivity contribution in [1.82, 2.24) is 0 Å². The topological polar surface area (TPSA) is 57.6 Å². The summed E-state index contributed by atoms with van der Waals surface area (Å²) in [4.78, 5) is 24.8. The fourth-order valence-corrected chi connectivity index (χ4v) is 4.66. The van der Waals surface area contributed by atoms with E-state index in [1.54, 1.807) is 17.0 Å². The van der Waals surface area contributed by atoms with Crippen LogP contribution in [0.4, 0.5) is 14.5 Å². The van der Waals surface area contributed by atoms with Crippen molar-refractivity contribution in [3.8, 4) is 0 Å². The van der Waals surface area contributed by atoms with Gasteiger partial charge in [-0.25, -0.2) is 8.78 Å². The molecule has 31 heavy (non-hydrogen) atoms. The van der Waals surface area contributed by atoms with Crippen molar-refractivity contribution >= 4 is 40.8 Å². The van der Waals surface area contributed by atoms with E-state index in [4.69, 9.17) is 28.3 Å². The van der Waals surface area contributed by atoms with E-state index >= 15 is 0 Å². The van der Waals surface area contributed by atoms with Gasteiger partial charge in [-0.1, -0.05) is 29.3 Å². The van der Waals surface area contributed by atoms with Gasteiger partial charge in [0.15, 0.2) is 0 Å². The molecule has 4 nitrogen and oxygen atoms in total. The zero-order chi connectivity index (χ0) is 22.5. The molecule has 2 aromatic carbocycles. The fraction of sp³-hybridized carbons (Fsp3) is 0.391. The molecule has 1 saturated heterocycles. The second kappa shape index (κ2) is 10.4. The van der Waals surface area contributed by atoms with Crippen LogP contribution in [0.5, 0.6) is 0 Å². The minimum absolute atomic E-state index is 0.0134. The van der Waals surface area contributed by atoms with Crippen LogP contribution in [0.2, 0.25) is 10.0 Å². The molecule has 0 aliphatic carbocycles. The zero-order valence-electron chi connectivity index (χ0n) is 16.8. The smallest absolute Gasteiger partial charge is 0.303 e. The number of halogens is 4. The second-order valence-corrected chi connectivity index (χ2v) is 8.67. The van der Waals surface area contributed by atoms with Crippen LogP contribution in [0.3, 0.4) is 0 Å². The first-order valence-corrected chi connectivity index (χ1v) is 10.9. The normalized spacial score (nSPS) is 16.6. The third-order valence-corrected chi connectivity index (χ3v) is 6.06. The SMILES string of the molecule is O=C(O)CCCCc1cc(Cl)c(N2CC(Cc3ccc(F)cc3F)CCC2=O)c(Cl)c1. The molecule has 8 heteroatoms. The molecule has 0 aromatic heterocycles. The van der Waals surface area contributed by atoms with E-state index in [0.717, 1.165) is 11.6 Å². The summed E-state index contributed by atoms with van der Waals surface area (Å²) in [6.07, 6.45) is 3.25. The summed E-state index contributed by atoms with van der Waals surface area (Å²) in [5, 5.41) is 9.43. The highest BCUT2D eigenvalue weighted by molar-refractivity contribution is 6.40. The number of nitrogens with zero attached hydrogens (tertiary/aromatic N) is 1. The monoisotopic (exact) mass is 469 g/mol. The number of anilines is 1. The fourth-order valence-electron chi connectivity index (χ4n) is 3.92. The van der Waals surface area contributed by atoms with Crippen molar-refractivity contribution in [2.24, 2.45) is 5.92 Å². The van der Waals surface area contributed by atoms with Crippen molar-refractivity contribution in [1.29, 1.82) is 0 Å². The number of carbonyl (C=O) groups excluding carboxylic acids is 1. The predicted octanol–water partition coefficient (Wildman–Crippen LogP) is 6.05. The molecule has 0 bridgehead atoms. The minimum atomic E-state index is -0.829. The number of carbonyl (C=O) groups is 2. The molecule has 1 N–H and O–H groups in total. The first-order valence-electron chi connectivity index (χ1n) is 10.2. The summed E-state index contributed by atoms with van der Waals surface area (Å²) >= 11 is 12.9. The number of benzene rings is 2. The molecular formula is C23H23Cl2F2NO3. The van der Waals surface area contributed by atoms with Gasteiger partial charge in [0.25, 0.3) is 0 Å². The second-order valence-electron chi connectivity index (χ2n) is 7.86. The van der Waals surface area contributed by atoms with E-state index in [-0.39, 0.29) is 24.7 Å². The number of aryl methyl sites for hydroxylation is 1. The van der Waals surface area contributed by atoms with Crippen LogP contribution in [0.25, 0.3) is 0 Å². The van der Waals surface area contributed by atoms with Gasteiger partial charge in [0.2, 0.25) is 5.91 Å². The lowest BCUT2D eigenvalue weighted by Crippen LogP contribution is -2.41. The summed E-state index contributed by atoms with van der Waals surface area (Å²) in [6, 6.07) is 7.03. The molecule has 0 spiro atoms. The summed E-state index contributed by atoms with van der Waals surface area (Å²) in [7, 11) is 0. The largest absolute Gasteiger partial charge is 0.481 e. The molecule has 1 amide bonds. The van der Waals surface area contributed by atoms with Crippen molar-refractivity contribution in [3.05, 3.63) is 63.1 Å². The number of unbranched alkanes of at least 4 members (excludes halogenated alkanes) is 1. The van der Waals surface area contributed by atoms with Gasteiger partial charge >= 0.3 is 5.97 Å². The first-order chi connectivity index (χ1) is 14.7. The van der Waals surface area contributed by atoms with Gasteiger partial charge in [0.1, 0.15) is 11.6 Å². The Bertz CT molecular complexity index is 960. The molecule has 3 rings (SSSR count). The van der Waals surface area contributed by atoms with Crippen LogP contribution < -0.4 is 4.90 Å². The van der Waals surface area contributed by atoms with E-state index in [9.17, 15) is 18.4 Å². The van der Waals surface area contributed by atoms with Gasteiger partial charge in [0.05, 0.1) is 15.7 Å². The summed E-state index contributed by atoms with van der Waals surface area (Å²) in [6.45, 7) is 0.340. The highest BCUT2D eigenvalue weighted by Crippen LogP contribution is 2.38. The molecule has 166 valence electrons. The Morgan fingerprint density at radius 3 is 2.48 bits per heavy atom. The van der Waals surface area contributed by atoms with E-state index in [2.05, 4.69) is 0 Å². The van der Waals surface area contributed by atoms with Crippen LogP contribution in [0.15, 0.2) is 30.3 Å². The predicted molar refractivity (Wildman–Crippen MR) is 117 cm³/mol. The van der Waals surface area contributed by atoms with Crippen LogP contribution >= 0.6 is 23.2 Å². The molecule has 1 unspecified atom stereocenters. The van der Waals surface area contributed by atoms with E-state index in [1.807, 2.05) is 0 Å². The van der Waals surface area contributed by atoms with Crippen molar-refractivity contribution < 1.29 is 23.5 Å². The number of aliphatic carboxylic acids is 1. The lowest BCUT2D eigenvalue weighted by Gasteiger charge is -2.34. The zero-order valence-corrected chi connectivity index (χ0v) is 18.4. The standard InChI is InChI=1S/C23H23Cl2F2NO3/c24-18-10-14(3-1-2-4-22(30)31)11-19(25)23(18)28-13-15(5-8-21(28)29)9-16-6-7-17(26)12-20(16)27/h6-7,10-12,15H,1-5,8-9,13H2,(H,30,31). The lowest BCUT2D eigenvalue weighted by atomic mass is 9.90. The van der Waals surface area contributed by atoms with Crippen LogP contribution in [0.1, 0.15) is 43.2 Å². The molecule has 1 fully saturated rings. The maximum Gasteiger partial charge on any atom is 0.303 e. The number of hydrogen-bond acceptors (Lipinski definition) is 2. The Kier molecular flexibility index (Phi) is 7.89. The molecule has 1 atom stereocenters. The van der Waals surface area contributed by atoms with Gasteiger partial charge in [-0.3, -0.25) is 9.59 Å². The van der Waals surface area contributed by atoms with Gasteiger partial charge in [-0.15, -0.1) is 0 Å². The Labute approximate surface area is 189 Å². The highest BCUT2D eigenvalue weighted by atomic mass is 35.5. The van der Waals surface area contributed by atoms with Gasteiger partial charge < -0.3 is 10.0 Å². The van der Waals surface area contributed by atoms with E-state index in [1.165, 1.54) is 12.1 Å². The van der Waals surface area contributed by atoms with Gasteiger partial charge in [0, 0.05) is 25.5 Å². The molecular weight excluding hydrogens is 447 g/mol. The van der Waals surface area contributed by atoms with Gasteiger partial charge in [-0.2, -0.15) is 0 Å². The van der Waals surface area contributed by atoms with Crippen molar-refractivity contribution in [3.63, 3.8) is 0 Å². The number of carboxylic acid groups (broad SMARTS) is 1. The van der Waals surface area contributed by atoms with E-state index < -0.39 is 17.6 Å². The quantitative estimate of drug-likeness (QED) is 0.478. The Morgan fingerprint density at radius 2 is 1.84 bits per heavy atom. The van der Waals surface area contributed by atoms with Crippen LogP contribution in [-0.2, 0) is 22.4 Å². The average molecular weight is 470 g/mol. The molecule has 1 aliphatic rings. The number of hydrogen-bond donors (Lipinski definition) is 1. The lowest BCUT2D eigenvalue weighted by molar-refractivity contribution is -0.137. The average Bonchev–Trinajstić information content (AvgIpc) is 2.69. The third-order valence-electron chi connectivity index (χ3n) is 5.48. The summed E-state index contributed by atoms with van der Waals surface area (Å²) < 4.78 is 27.2. The van der Waals surface area contributed by atoms with Crippen LogP contribution in [0, 0.1) is 17.6 Å². The van der Waals surface area contributed by atoms with Crippen LogP contribution in [-0.4, -0.2) is 23.5 Å². The molecule has 1 aliphatic heterocycles. The number of amides is 1. The van der Waals surface area contributed by atoms with Crippen molar-refractivity contribution in [2.75, 3.05) is 11.4 Å². The maximum absolute atomic E-state index is 14.1. The Hall–Kier alpha value is -2.18.